The van der Waals surface area contributed by atoms with Crippen LogP contribution in [0.25, 0.3) is 10.9 Å². The highest BCUT2D eigenvalue weighted by Gasteiger charge is 2.19. The summed E-state index contributed by atoms with van der Waals surface area (Å²) in [6, 6.07) is 5.71. The summed E-state index contributed by atoms with van der Waals surface area (Å²) in [6.07, 6.45) is 2.53. The highest BCUT2D eigenvalue weighted by molar-refractivity contribution is 9.10. The van der Waals surface area contributed by atoms with Crippen molar-refractivity contribution in [1.29, 1.82) is 0 Å². The van der Waals surface area contributed by atoms with Crippen molar-refractivity contribution in [3.8, 4) is 0 Å². The van der Waals surface area contributed by atoms with Crippen LogP contribution < -0.4 is 5.32 Å². The van der Waals surface area contributed by atoms with Crippen LogP contribution in [-0.2, 0) is 16.0 Å². The van der Waals surface area contributed by atoms with Crippen molar-refractivity contribution in [2.75, 3.05) is 14.2 Å². The molecule has 0 aliphatic rings. The van der Waals surface area contributed by atoms with Crippen molar-refractivity contribution in [2.45, 2.75) is 12.5 Å². The maximum absolute atomic E-state index is 11.6. The zero-order chi connectivity index (χ0) is 13.1. The minimum absolute atomic E-state index is 0.248. The Bertz CT molecular complexity index is 565. The van der Waals surface area contributed by atoms with Crippen LogP contribution in [0.1, 0.15) is 5.56 Å². The van der Waals surface area contributed by atoms with Gasteiger partial charge in [-0.3, -0.25) is 4.79 Å². The lowest BCUT2D eigenvalue weighted by molar-refractivity contribution is -0.142. The standard InChI is InChI=1S/C13H15BrN2O2/c1-15-12(13(17)18-2)5-8-7-16-11-4-3-9(14)6-10(8)11/h3-4,6-7,12,15-16H,5H2,1-2H3/t12-/m0/s1. The molecule has 0 radical (unpaired) electrons. The van der Waals surface area contributed by atoms with Gasteiger partial charge in [0.2, 0.25) is 0 Å². The molecule has 0 unspecified atom stereocenters. The first-order valence-corrected chi connectivity index (χ1v) is 6.45. The lowest BCUT2D eigenvalue weighted by Gasteiger charge is -2.12. The predicted octanol–water partition coefficient (Wildman–Crippen LogP) is 2.23. The molecule has 1 aromatic carbocycles. The number of H-pyrrole nitrogens is 1. The number of nitrogens with one attached hydrogen (secondary N) is 2. The van der Waals surface area contributed by atoms with Crippen molar-refractivity contribution in [2.24, 2.45) is 0 Å². The van der Waals surface area contributed by atoms with Gasteiger partial charge in [-0.25, -0.2) is 0 Å². The fourth-order valence-electron chi connectivity index (χ4n) is 1.98. The van der Waals surface area contributed by atoms with Crippen LogP contribution in [0.2, 0.25) is 0 Å². The number of methoxy groups -OCH3 is 1. The molecule has 2 aromatic rings. The molecule has 0 saturated carbocycles. The average molecular weight is 311 g/mol. The summed E-state index contributed by atoms with van der Waals surface area (Å²) < 4.78 is 5.79. The predicted molar refractivity (Wildman–Crippen MR) is 74.6 cm³/mol. The molecule has 1 heterocycles. The van der Waals surface area contributed by atoms with E-state index in [-0.39, 0.29) is 12.0 Å². The summed E-state index contributed by atoms with van der Waals surface area (Å²) in [5.41, 5.74) is 2.16. The molecule has 2 rings (SSSR count). The zero-order valence-corrected chi connectivity index (χ0v) is 11.9. The second-order valence-corrected chi connectivity index (χ2v) is 4.99. The van der Waals surface area contributed by atoms with E-state index in [4.69, 9.17) is 4.74 Å². The molecule has 96 valence electrons. The lowest BCUT2D eigenvalue weighted by atomic mass is 10.1. The maximum Gasteiger partial charge on any atom is 0.323 e. The van der Waals surface area contributed by atoms with Gasteiger partial charge in [-0.1, -0.05) is 15.9 Å². The first-order valence-electron chi connectivity index (χ1n) is 5.66. The second-order valence-electron chi connectivity index (χ2n) is 4.07. The van der Waals surface area contributed by atoms with Crippen molar-refractivity contribution in [3.63, 3.8) is 0 Å². The summed E-state index contributed by atoms with van der Waals surface area (Å²) in [5.74, 6) is -0.248. The molecule has 0 saturated heterocycles. The van der Waals surface area contributed by atoms with E-state index in [1.54, 1.807) is 7.05 Å². The zero-order valence-electron chi connectivity index (χ0n) is 10.3. The number of halogens is 1. The Hall–Kier alpha value is -1.33. The lowest BCUT2D eigenvalue weighted by Crippen LogP contribution is -2.36. The highest BCUT2D eigenvalue weighted by atomic mass is 79.9. The van der Waals surface area contributed by atoms with Crippen LogP contribution in [0.15, 0.2) is 28.9 Å². The van der Waals surface area contributed by atoms with E-state index in [2.05, 4.69) is 26.2 Å². The van der Waals surface area contributed by atoms with Gasteiger partial charge in [0.15, 0.2) is 0 Å². The summed E-state index contributed by atoms with van der Waals surface area (Å²) in [5, 5.41) is 4.09. The largest absolute Gasteiger partial charge is 0.468 e. The number of esters is 1. The SMILES string of the molecule is CN[C@@H](Cc1c[nH]c2ccc(Br)cc12)C(=O)OC. The number of aromatic amines is 1. The number of likely N-dealkylation sites (N-methyl/N-ethyl adjacent to an activating group) is 1. The molecule has 0 spiro atoms. The third-order valence-corrected chi connectivity index (χ3v) is 3.48. The molecule has 1 atom stereocenters. The van der Waals surface area contributed by atoms with Gasteiger partial charge in [-0.05, 0) is 30.8 Å². The van der Waals surface area contributed by atoms with E-state index in [9.17, 15) is 4.79 Å². The molecule has 1 aromatic heterocycles. The molecule has 18 heavy (non-hydrogen) atoms. The minimum Gasteiger partial charge on any atom is -0.468 e. The van der Waals surface area contributed by atoms with Crippen molar-refractivity contribution in [1.82, 2.24) is 10.3 Å². The molecule has 0 aliphatic heterocycles. The van der Waals surface area contributed by atoms with Crippen LogP contribution in [0.4, 0.5) is 0 Å². The van der Waals surface area contributed by atoms with E-state index in [0.29, 0.717) is 6.42 Å². The topological polar surface area (TPSA) is 54.1 Å². The third kappa shape index (κ3) is 2.57. The summed E-state index contributed by atoms with van der Waals surface area (Å²) in [6.45, 7) is 0. The molecule has 0 aliphatic carbocycles. The molecule has 0 fully saturated rings. The van der Waals surface area contributed by atoms with Crippen LogP contribution in [0.3, 0.4) is 0 Å². The number of hydrogen-bond donors (Lipinski definition) is 2. The number of rotatable bonds is 4. The van der Waals surface area contributed by atoms with Crippen molar-refractivity contribution < 1.29 is 9.53 Å². The molecule has 0 bridgehead atoms. The van der Waals surface area contributed by atoms with Gasteiger partial charge >= 0.3 is 5.97 Å². The summed E-state index contributed by atoms with van der Waals surface area (Å²) in [7, 11) is 3.16. The van der Waals surface area contributed by atoms with E-state index in [1.807, 2.05) is 24.4 Å². The Balaban J connectivity index is 2.31. The van der Waals surface area contributed by atoms with Gasteiger partial charge in [0.05, 0.1) is 7.11 Å². The van der Waals surface area contributed by atoms with Crippen molar-refractivity contribution >= 4 is 32.8 Å². The van der Waals surface area contributed by atoms with Gasteiger partial charge in [-0.2, -0.15) is 0 Å². The number of aromatic nitrogens is 1. The molecular weight excluding hydrogens is 296 g/mol. The molecular formula is C13H15BrN2O2. The van der Waals surface area contributed by atoms with E-state index in [0.717, 1.165) is 20.9 Å². The Morgan fingerprint density at radius 2 is 2.33 bits per heavy atom. The molecule has 5 heteroatoms. The van der Waals surface area contributed by atoms with Crippen molar-refractivity contribution in [3.05, 3.63) is 34.4 Å². The number of benzene rings is 1. The highest BCUT2D eigenvalue weighted by Crippen LogP contribution is 2.23. The Kier molecular flexibility index (Phi) is 4.04. The molecule has 2 N–H and O–H groups in total. The maximum atomic E-state index is 11.6. The van der Waals surface area contributed by atoms with Crippen LogP contribution in [0, 0.1) is 0 Å². The summed E-state index contributed by atoms with van der Waals surface area (Å²) in [4.78, 5) is 14.8. The number of carbonyl (C=O) groups excluding carboxylic acids is 1. The van der Waals surface area contributed by atoms with Gasteiger partial charge in [0.25, 0.3) is 0 Å². The second kappa shape index (κ2) is 5.54. The molecule has 0 amide bonds. The minimum atomic E-state index is -0.326. The Morgan fingerprint density at radius 3 is 3.00 bits per heavy atom. The van der Waals surface area contributed by atoms with E-state index >= 15 is 0 Å². The smallest absolute Gasteiger partial charge is 0.323 e. The number of carbonyl (C=O) groups is 1. The number of ether oxygens (including phenoxy) is 1. The quantitative estimate of drug-likeness (QED) is 0.852. The van der Waals surface area contributed by atoms with E-state index in [1.165, 1.54) is 7.11 Å². The van der Waals surface area contributed by atoms with Crippen LogP contribution in [0.5, 0.6) is 0 Å². The normalized spacial score (nSPS) is 12.6. The van der Waals surface area contributed by atoms with Crippen LogP contribution >= 0.6 is 15.9 Å². The van der Waals surface area contributed by atoms with Crippen LogP contribution in [-0.4, -0.2) is 31.2 Å². The molecule has 4 nitrogen and oxygen atoms in total. The monoisotopic (exact) mass is 310 g/mol. The number of hydrogen-bond acceptors (Lipinski definition) is 3. The Morgan fingerprint density at radius 1 is 1.56 bits per heavy atom. The fourth-order valence-corrected chi connectivity index (χ4v) is 2.35. The summed E-state index contributed by atoms with van der Waals surface area (Å²) >= 11 is 3.46. The van der Waals surface area contributed by atoms with Gasteiger partial charge in [0.1, 0.15) is 6.04 Å². The van der Waals surface area contributed by atoms with Gasteiger partial charge in [-0.15, -0.1) is 0 Å². The van der Waals surface area contributed by atoms with Gasteiger partial charge in [0, 0.05) is 28.0 Å². The van der Waals surface area contributed by atoms with E-state index < -0.39 is 0 Å². The fraction of sp³-hybridized carbons (Fsp3) is 0.308. The first-order chi connectivity index (χ1) is 8.65. The average Bonchev–Trinajstić information content (AvgIpc) is 2.77. The Labute approximate surface area is 114 Å². The third-order valence-electron chi connectivity index (χ3n) is 2.99. The first kappa shape index (κ1) is 13.1. The van der Waals surface area contributed by atoms with Gasteiger partial charge < -0.3 is 15.0 Å². The number of fused-ring (bicyclic) bond motifs is 1.